The summed E-state index contributed by atoms with van der Waals surface area (Å²) >= 11 is 0. The van der Waals surface area contributed by atoms with Crippen molar-refractivity contribution >= 4 is 26.6 Å². The number of carbonyl (C=O) groups excluding carboxylic acids is 1. The highest BCUT2D eigenvalue weighted by molar-refractivity contribution is 7.92. The predicted octanol–water partition coefficient (Wildman–Crippen LogP) is 4.57. The molecular formula is C25H22N2O4S. The molecule has 0 bridgehead atoms. The van der Waals surface area contributed by atoms with Gasteiger partial charge in [-0.1, -0.05) is 53.7 Å². The Morgan fingerprint density at radius 3 is 2.25 bits per heavy atom. The van der Waals surface area contributed by atoms with Gasteiger partial charge in [-0.15, -0.1) is 0 Å². The summed E-state index contributed by atoms with van der Waals surface area (Å²) in [5.41, 5.74) is 2.13. The monoisotopic (exact) mass is 446 g/mol. The first-order valence-electron chi connectivity index (χ1n) is 10.6. The molecule has 0 unspecified atom stereocenters. The molecule has 7 heteroatoms. The lowest BCUT2D eigenvalue weighted by Crippen LogP contribution is -2.42. The highest BCUT2D eigenvalue weighted by Crippen LogP contribution is 2.30. The van der Waals surface area contributed by atoms with Gasteiger partial charge in [-0.2, -0.15) is 0 Å². The summed E-state index contributed by atoms with van der Waals surface area (Å²) in [7, 11) is -3.39. The molecule has 1 aromatic heterocycles. The third-order valence-electron chi connectivity index (χ3n) is 6.00. The molecule has 1 saturated heterocycles. The van der Waals surface area contributed by atoms with Crippen LogP contribution in [-0.4, -0.2) is 42.7 Å². The summed E-state index contributed by atoms with van der Waals surface area (Å²) in [5.74, 6) is 0.519. The van der Waals surface area contributed by atoms with Gasteiger partial charge in [0.05, 0.1) is 15.5 Å². The largest absolute Gasteiger partial charge is 0.355 e. The van der Waals surface area contributed by atoms with E-state index in [1.165, 1.54) is 0 Å². The fraction of sp³-hybridized carbons (Fsp3) is 0.200. The van der Waals surface area contributed by atoms with E-state index in [4.69, 9.17) is 4.52 Å². The molecule has 2 heterocycles. The molecule has 1 amide bonds. The van der Waals surface area contributed by atoms with Crippen molar-refractivity contribution in [3.05, 3.63) is 84.4 Å². The second-order valence-corrected chi connectivity index (χ2v) is 10.2. The van der Waals surface area contributed by atoms with Crippen molar-refractivity contribution in [2.45, 2.75) is 23.0 Å². The van der Waals surface area contributed by atoms with E-state index in [9.17, 15) is 13.2 Å². The number of rotatable bonds is 4. The van der Waals surface area contributed by atoms with Crippen molar-refractivity contribution in [2.24, 2.45) is 0 Å². The van der Waals surface area contributed by atoms with Gasteiger partial charge in [0.2, 0.25) is 0 Å². The van der Waals surface area contributed by atoms with Crippen LogP contribution >= 0.6 is 0 Å². The van der Waals surface area contributed by atoms with E-state index in [2.05, 4.69) is 5.16 Å². The van der Waals surface area contributed by atoms with E-state index in [1.54, 1.807) is 47.4 Å². The maximum atomic E-state index is 13.2. The Bertz CT molecular complexity index is 1360. The second kappa shape index (κ2) is 8.24. The molecule has 0 aliphatic carbocycles. The van der Waals surface area contributed by atoms with Gasteiger partial charge in [-0.3, -0.25) is 4.79 Å². The van der Waals surface area contributed by atoms with Crippen molar-refractivity contribution < 1.29 is 17.7 Å². The average Bonchev–Trinajstić information content (AvgIpc) is 3.28. The van der Waals surface area contributed by atoms with Crippen LogP contribution in [-0.2, 0) is 9.84 Å². The Morgan fingerprint density at radius 2 is 1.56 bits per heavy atom. The number of hydrogen-bond donors (Lipinski definition) is 0. The number of likely N-dealkylation sites (tertiary alicyclic amines) is 1. The second-order valence-electron chi connectivity index (χ2n) is 7.96. The molecule has 1 aliphatic rings. The molecule has 1 aliphatic heterocycles. The van der Waals surface area contributed by atoms with E-state index >= 15 is 0 Å². The minimum atomic E-state index is -3.39. The zero-order valence-electron chi connectivity index (χ0n) is 17.3. The molecule has 1 fully saturated rings. The first-order chi connectivity index (χ1) is 15.5. The van der Waals surface area contributed by atoms with Gasteiger partial charge in [0, 0.05) is 24.2 Å². The zero-order chi connectivity index (χ0) is 22.1. The molecule has 4 aromatic rings. The SMILES string of the molecule is O=C(c1ccc2noc(-c3ccccc3)c2c1)N1CCC(S(=O)(=O)c2ccccc2)CC1. The lowest BCUT2D eigenvalue weighted by Gasteiger charge is -2.31. The average molecular weight is 447 g/mol. The molecule has 3 aromatic carbocycles. The molecule has 32 heavy (non-hydrogen) atoms. The van der Waals surface area contributed by atoms with Crippen LogP contribution in [0.5, 0.6) is 0 Å². The quantitative estimate of drug-likeness (QED) is 0.459. The fourth-order valence-corrected chi connectivity index (χ4v) is 5.98. The molecule has 0 saturated carbocycles. The number of sulfone groups is 1. The van der Waals surface area contributed by atoms with Gasteiger partial charge in [-0.05, 0) is 43.2 Å². The Kier molecular flexibility index (Phi) is 5.27. The van der Waals surface area contributed by atoms with Crippen LogP contribution in [0.1, 0.15) is 23.2 Å². The van der Waals surface area contributed by atoms with Crippen LogP contribution < -0.4 is 0 Å². The predicted molar refractivity (Wildman–Crippen MR) is 122 cm³/mol. The first-order valence-corrected chi connectivity index (χ1v) is 12.1. The standard InChI is InChI=1S/C25H22N2O4S/c28-25(27-15-13-21(14-16-27)32(29,30)20-9-5-2-6-10-20)19-11-12-23-22(17-19)24(31-26-23)18-7-3-1-4-8-18/h1-12,17,21H,13-16H2. The summed E-state index contributed by atoms with van der Waals surface area (Å²) in [6, 6.07) is 23.5. The normalized spacial score (nSPS) is 15.2. The molecule has 0 spiro atoms. The van der Waals surface area contributed by atoms with Crippen molar-refractivity contribution in [3.63, 3.8) is 0 Å². The van der Waals surface area contributed by atoms with Gasteiger partial charge < -0.3 is 9.42 Å². The van der Waals surface area contributed by atoms with Gasteiger partial charge in [-0.25, -0.2) is 8.42 Å². The number of aromatic nitrogens is 1. The lowest BCUT2D eigenvalue weighted by atomic mass is 10.0. The van der Waals surface area contributed by atoms with E-state index in [0.29, 0.717) is 47.7 Å². The molecular weight excluding hydrogens is 424 g/mol. The van der Waals surface area contributed by atoms with Gasteiger partial charge in [0.25, 0.3) is 5.91 Å². The van der Waals surface area contributed by atoms with Crippen molar-refractivity contribution in [2.75, 3.05) is 13.1 Å². The van der Waals surface area contributed by atoms with E-state index in [1.807, 2.05) is 36.4 Å². The van der Waals surface area contributed by atoms with Crippen LogP contribution in [0.4, 0.5) is 0 Å². The Morgan fingerprint density at radius 1 is 0.906 bits per heavy atom. The van der Waals surface area contributed by atoms with Crippen LogP contribution in [0.3, 0.4) is 0 Å². The third-order valence-corrected chi connectivity index (χ3v) is 8.28. The smallest absolute Gasteiger partial charge is 0.253 e. The summed E-state index contributed by atoms with van der Waals surface area (Å²) in [6.45, 7) is 0.811. The van der Waals surface area contributed by atoms with Gasteiger partial charge in [0.1, 0.15) is 5.52 Å². The highest BCUT2D eigenvalue weighted by atomic mass is 32.2. The van der Waals surface area contributed by atoms with Crippen LogP contribution in [0.15, 0.2) is 88.3 Å². The number of benzene rings is 3. The Balaban J connectivity index is 1.34. The minimum absolute atomic E-state index is 0.109. The zero-order valence-corrected chi connectivity index (χ0v) is 18.2. The number of carbonyl (C=O) groups is 1. The summed E-state index contributed by atoms with van der Waals surface area (Å²) in [4.78, 5) is 15.2. The van der Waals surface area contributed by atoms with Crippen molar-refractivity contribution in [1.29, 1.82) is 0 Å². The van der Waals surface area contributed by atoms with Crippen LogP contribution in [0.2, 0.25) is 0 Å². The van der Waals surface area contributed by atoms with Gasteiger partial charge in [0.15, 0.2) is 15.6 Å². The third kappa shape index (κ3) is 3.69. The van der Waals surface area contributed by atoms with Crippen molar-refractivity contribution in [3.8, 4) is 11.3 Å². The molecule has 0 atom stereocenters. The number of hydrogen-bond acceptors (Lipinski definition) is 5. The molecule has 162 valence electrons. The number of piperidine rings is 1. The van der Waals surface area contributed by atoms with E-state index in [0.717, 1.165) is 10.9 Å². The number of fused-ring (bicyclic) bond motifs is 1. The molecule has 5 rings (SSSR count). The number of amides is 1. The van der Waals surface area contributed by atoms with E-state index < -0.39 is 15.1 Å². The molecule has 0 radical (unpaired) electrons. The summed E-state index contributed by atoms with van der Waals surface area (Å²) in [6.07, 6.45) is 0.849. The Labute approximate surface area is 186 Å². The molecule has 0 N–H and O–H groups in total. The Hall–Kier alpha value is -3.45. The maximum absolute atomic E-state index is 13.2. The van der Waals surface area contributed by atoms with Crippen molar-refractivity contribution in [1.82, 2.24) is 10.1 Å². The molecule has 6 nitrogen and oxygen atoms in total. The van der Waals surface area contributed by atoms with E-state index in [-0.39, 0.29) is 5.91 Å². The maximum Gasteiger partial charge on any atom is 0.253 e. The topological polar surface area (TPSA) is 80.5 Å². The van der Waals surface area contributed by atoms with Crippen LogP contribution in [0, 0.1) is 0 Å². The minimum Gasteiger partial charge on any atom is -0.355 e. The van der Waals surface area contributed by atoms with Gasteiger partial charge >= 0.3 is 0 Å². The first kappa shape index (κ1) is 20.5. The van der Waals surface area contributed by atoms with Crippen LogP contribution in [0.25, 0.3) is 22.2 Å². The highest BCUT2D eigenvalue weighted by Gasteiger charge is 2.33. The summed E-state index contributed by atoms with van der Waals surface area (Å²) < 4.78 is 31.3. The summed E-state index contributed by atoms with van der Waals surface area (Å²) in [5, 5.41) is 4.42. The number of nitrogens with zero attached hydrogens (tertiary/aromatic N) is 2. The fourth-order valence-electron chi connectivity index (χ4n) is 4.23. The lowest BCUT2D eigenvalue weighted by molar-refractivity contribution is 0.0726.